The van der Waals surface area contributed by atoms with Gasteiger partial charge in [0.25, 0.3) is 0 Å². The molecule has 1 aromatic carbocycles. The van der Waals surface area contributed by atoms with Gasteiger partial charge in [0.2, 0.25) is 5.91 Å². The first-order chi connectivity index (χ1) is 9.19. The maximum atomic E-state index is 11.4. The fourth-order valence-corrected chi connectivity index (χ4v) is 2.40. The molecule has 0 spiro atoms. The molecule has 2 rings (SSSR count). The molecule has 0 bridgehead atoms. The van der Waals surface area contributed by atoms with E-state index in [0.717, 1.165) is 18.5 Å². The highest BCUT2D eigenvalue weighted by atomic mass is 16.5. The number of rotatable bonds is 4. The average Bonchev–Trinajstić information content (AvgIpc) is 2.45. The first-order valence-electron chi connectivity index (χ1n) is 6.17. The Bertz CT molecular complexity index is 476. The first kappa shape index (κ1) is 13.6. The number of ether oxygens (including phenoxy) is 2. The smallest absolute Gasteiger partial charge is 0.235 e. The zero-order valence-electron chi connectivity index (χ0n) is 11.2. The zero-order valence-corrected chi connectivity index (χ0v) is 11.2. The molecule has 6 heteroatoms. The van der Waals surface area contributed by atoms with Gasteiger partial charge in [0.15, 0.2) is 11.5 Å². The lowest BCUT2D eigenvalue weighted by Crippen LogP contribution is -2.37. The molecule has 1 atom stereocenters. The first-order valence-corrected chi connectivity index (χ1v) is 6.17. The van der Waals surface area contributed by atoms with Crippen LogP contribution in [0.1, 0.15) is 23.6 Å². The van der Waals surface area contributed by atoms with Crippen LogP contribution in [0.15, 0.2) is 12.1 Å². The van der Waals surface area contributed by atoms with Crippen molar-refractivity contribution in [3.63, 3.8) is 0 Å². The summed E-state index contributed by atoms with van der Waals surface area (Å²) in [6, 6.07) is 3.85. The number of nitrogens with one attached hydrogen (secondary N) is 2. The van der Waals surface area contributed by atoms with Crippen LogP contribution in [-0.4, -0.2) is 26.7 Å². The number of amides is 1. The molecule has 1 amide bonds. The van der Waals surface area contributed by atoms with Crippen LogP contribution in [0.25, 0.3) is 0 Å². The topological polar surface area (TPSA) is 85.6 Å². The fourth-order valence-electron chi connectivity index (χ4n) is 2.40. The lowest BCUT2D eigenvalue weighted by Gasteiger charge is -2.27. The summed E-state index contributed by atoms with van der Waals surface area (Å²) < 4.78 is 10.6. The van der Waals surface area contributed by atoms with Crippen molar-refractivity contribution >= 4 is 5.91 Å². The summed E-state index contributed by atoms with van der Waals surface area (Å²) in [6.45, 7) is 0.824. The molecule has 0 aliphatic carbocycles. The molecule has 6 nitrogen and oxygen atoms in total. The zero-order chi connectivity index (χ0) is 13.8. The van der Waals surface area contributed by atoms with Crippen LogP contribution in [0, 0.1) is 0 Å². The average molecular weight is 265 g/mol. The van der Waals surface area contributed by atoms with Crippen molar-refractivity contribution in [3.8, 4) is 11.5 Å². The van der Waals surface area contributed by atoms with Crippen molar-refractivity contribution in [1.29, 1.82) is 0 Å². The van der Waals surface area contributed by atoms with Gasteiger partial charge in [-0.3, -0.25) is 10.2 Å². The van der Waals surface area contributed by atoms with Crippen molar-refractivity contribution < 1.29 is 14.3 Å². The van der Waals surface area contributed by atoms with Gasteiger partial charge in [-0.2, -0.15) is 0 Å². The highest BCUT2D eigenvalue weighted by molar-refractivity contribution is 5.76. The number of hydrazine groups is 1. The third-order valence-corrected chi connectivity index (χ3v) is 3.36. The minimum Gasteiger partial charge on any atom is -0.493 e. The number of fused-ring (bicyclic) bond motifs is 1. The van der Waals surface area contributed by atoms with Gasteiger partial charge in [-0.05, 0) is 36.2 Å². The minimum atomic E-state index is -0.194. The van der Waals surface area contributed by atoms with E-state index < -0.39 is 0 Å². The molecule has 1 heterocycles. The lowest BCUT2D eigenvalue weighted by atomic mass is 9.91. The van der Waals surface area contributed by atoms with Gasteiger partial charge in [0, 0.05) is 12.5 Å². The van der Waals surface area contributed by atoms with Crippen LogP contribution in [0.5, 0.6) is 11.5 Å². The Balaban J connectivity index is 2.34. The molecule has 1 unspecified atom stereocenters. The van der Waals surface area contributed by atoms with Gasteiger partial charge in [-0.25, -0.2) is 5.84 Å². The van der Waals surface area contributed by atoms with Crippen LogP contribution in [0.3, 0.4) is 0 Å². The van der Waals surface area contributed by atoms with E-state index in [1.807, 2.05) is 12.1 Å². The van der Waals surface area contributed by atoms with Crippen LogP contribution in [-0.2, 0) is 11.2 Å². The van der Waals surface area contributed by atoms with E-state index >= 15 is 0 Å². The standard InChI is InChI=1S/C13H19N3O3/c1-18-11-5-8-3-4-15-10(7-13(17)16-14)9(8)6-12(11)19-2/h5-6,10,15H,3-4,7,14H2,1-2H3,(H,16,17). The van der Waals surface area contributed by atoms with Gasteiger partial charge in [0.05, 0.1) is 14.2 Å². The molecule has 4 N–H and O–H groups in total. The summed E-state index contributed by atoms with van der Waals surface area (Å²) in [5.74, 6) is 6.33. The maximum Gasteiger partial charge on any atom is 0.235 e. The number of methoxy groups -OCH3 is 2. The Labute approximate surface area is 112 Å². The largest absolute Gasteiger partial charge is 0.493 e. The molecule has 1 aromatic rings. The molecule has 1 aliphatic rings. The van der Waals surface area contributed by atoms with E-state index in [9.17, 15) is 4.79 Å². The highest BCUT2D eigenvalue weighted by Gasteiger charge is 2.24. The SMILES string of the molecule is COc1cc2c(cc1OC)C(CC(=O)NN)NCC2. The second-order valence-corrected chi connectivity index (χ2v) is 4.43. The predicted octanol–water partition coefficient (Wildman–Crippen LogP) is 0.271. The monoisotopic (exact) mass is 265 g/mol. The highest BCUT2D eigenvalue weighted by Crippen LogP contribution is 2.35. The second kappa shape index (κ2) is 5.90. The van der Waals surface area contributed by atoms with Gasteiger partial charge in [0.1, 0.15) is 0 Å². The van der Waals surface area contributed by atoms with Crippen molar-refractivity contribution in [2.45, 2.75) is 18.9 Å². The van der Waals surface area contributed by atoms with E-state index in [0.29, 0.717) is 17.9 Å². The van der Waals surface area contributed by atoms with E-state index in [1.165, 1.54) is 5.56 Å². The molecule has 0 saturated heterocycles. The molecular weight excluding hydrogens is 246 g/mol. The molecular formula is C13H19N3O3. The lowest BCUT2D eigenvalue weighted by molar-refractivity contribution is -0.121. The molecule has 0 radical (unpaired) electrons. The molecule has 1 aliphatic heterocycles. The summed E-state index contributed by atoms with van der Waals surface area (Å²) in [5.41, 5.74) is 4.39. The van der Waals surface area contributed by atoms with Crippen molar-refractivity contribution in [3.05, 3.63) is 23.3 Å². The van der Waals surface area contributed by atoms with Crippen LogP contribution >= 0.6 is 0 Å². The molecule has 0 aromatic heterocycles. The van der Waals surface area contributed by atoms with Gasteiger partial charge >= 0.3 is 0 Å². The van der Waals surface area contributed by atoms with E-state index in [2.05, 4.69) is 10.7 Å². The summed E-state index contributed by atoms with van der Waals surface area (Å²) in [5, 5.41) is 3.32. The summed E-state index contributed by atoms with van der Waals surface area (Å²) >= 11 is 0. The Morgan fingerprint density at radius 1 is 1.42 bits per heavy atom. The number of carbonyl (C=O) groups is 1. The normalized spacial score (nSPS) is 17.5. The van der Waals surface area contributed by atoms with E-state index in [4.69, 9.17) is 15.3 Å². The van der Waals surface area contributed by atoms with Crippen molar-refractivity contribution in [2.24, 2.45) is 5.84 Å². The van der Waals surface area contributed by atoms with E-state index in [-0.39, 0.29) is 11.9 Å². The summed E-state index contributed by atoms with van der Waals surface area (Å²) in [7, 11) is 3.22. The number of benzene rings is 1. The number of carbonyl (C=O) groups excluding carboxylic acids is 1. The number of hydrogen-bond donors (Lipinski definition) is 3. The van der Waals surface area contributed by atoms with Gasteiger partial charge in [-0.15, -0.1) is 0 Å². The number of nitrogens with two attached hydrogens (primary N) is 1. The van der Waals surface area contributed by atoms with E-state index in [1.54, 1.807) is 14.2 Å². The molecule has 104 valence electrons. The van der Waals surface area contributed by atoms with Gasteiger partial charge in [-0.1, -0.05) is 0 Å². The summed E-state index contributed by atoms with van der Waals surface area (Å²) in [4.78, 5) is 11.4. The van der Waals surface area contributed by atoms with Crippen LogP contribution in [0.4, 0.5) is 0 Å². The van der Waals surface area contributed by atoms with Crippen molar-refractivity contribution in [2.75, 3.05) is 20.8 Å². The van der Waals surface area contributed by atoms with Crippen LogP contribution < -0.4 is 26.1 Å². The maximum absolute atomic E-state index is 11.4. The Morgan fingerprint density at radius 3 is 2.74 bits per heavy atom. The number of hydrogen-bond acceptors (Lipinski definition) is 5. The Morgan fingerprint density at radius 2 is 2.11 bits per heavy atom. The van der Waals surface area contributed by atoms with Crippen LogP contribution in [0.2, 0.25) is 0 Å². The second-order valence-electron chi connectivity index (χ2n) is 4.43. The molecule has 19 heavy (non-hydrogen) atoms. The third-order valence-electron chi connectivity index (χ3n) is 3.36. The fraction of sp³-hybridized carbons (Fsp3) is 0.462. The quantitative estimate of drug-likeness (QED) is 0.413. The Hall–Kier alpha value is -1.79. The van der Waals surface area contributed by atoms with Crippen molar-refractivity contribution in [1.82, 2.24) is 10.7 Å². The predicted molar refractivity (Wildman–Crippen MR) is 70.9 cm³/mol. The summed E-state index contributed by atoms with van der Waals surface area (Å²) in [6.07, 6.45) is 1.20. The minimum absolute atomic E-state index is 0.0490. The Kier molecular flexibility index (Phi) is 4.24. The third kappa shape index (κ3) is 2.80. The molecule has 0 saturated carbocycles. The molecule has 0 fully saturated rings. The van der Waals surface area contributed by atoms with Gasteiger partial charge < -0.3 is 14.8 Å².